The van der Waals surface area contributed by atoms with E-state index in [9.17, 15) is 14.7 Å². The van der Waals surface area contributed by atoms with Crippen LogP contribution in [-0.4, -0.2) is 78.4 Å². The van der Waals surface area contributed by atoms with Gasteiger partial charge in [0.25, 0.3) is 11.1 Å². The Morgan fingerprint density at radius 1 is 1.06 bits per heavy atom. The van der Waals surface area contributed by atoms with E-state index in [1.165, 1.54) is 20.4 Å². The molecule has 12 heteroatoms. The third-order valence-corrected chi connectivity index (χ3v) is 10.4. The highest BCUT2D eigenvalue weighted by molar-refractivity contribution is 5.73. The second-order valence-corrected chi connectivity index (χ2v) is 14.5. The molecule has 2 atom stereocenters. The number of aliphatic hydroxyl groups excluding tert-OH is 1. The summed E-state index contributed by atoms with van der Waals surface area (Å²) in [6, 6.07) is 10.2. The molecule has 2 aliphatic heterocycles. The van der Waals surface area contributed by atoms with Gasteiger partial charge in [0.1, 0.15) is 22.8 Å². The lowest BCUT2D eigenvalue weighted by molar-refractivity contribution is -0.0179. The average molecular weight is 663 g/mol. The van der Waals surface area contributed by atoms with E-state index in [1.807, 2.05) is 35.0 Å². The molecular formula is C37H42N8O4. The van der Waals surface area contributed by atoms with Crippen molar-refractivity contribution >= 4 is 22.7 Å². The topological polar surface area (TPSA) is 122 Å². The van der Waals surface area contributed by atoms with E-state index in [2.05, 4.69) is 45.9 Å². The fourth-order valence-electron chi connectivity index (χ4n) is 7.96. The van der Waals surface area contributed by atoms with Gasteiger partial charge in [-0.2, -0.15) is 0 Å². The number of fused-ring (bicyclic) bond motifs is 4. The number of ether oxygens (including phenoxy) is 1. The van der Waals surface area contributed by atoms with Crippen molar-refractivity contribution in [1.82, 2.24) is 28.4 Å². The van der Waals surface area contributed by atoms with E-state index in [-0.39, 0.29) is 23.1 Å². The van der Waals surface area contributed by atoms with Gasteiger partial charge in [-0.25, -0.2) is 9.97 Å². The standard InChI is InChI=1S/C37H42N8O4/c1-23-18-42-11-12-49-22-27(42)20-45(23)26-5-6-33(39-17-26)40-30-13-25(19-41(4)35(30)47)28-7-8-38-34(29(28)21-46)44-10-9-43-31(36(44)48)14-24-15-37(2,3)16-32(24)43/h5-10,13-14,17,19,23,27,46H,11-12,15-16,18,20-22H2,1-4H3,(H,39,40)/t23-,27?/m0/s1. The maximum atomic E-state index is 13.8. The molecule has 1 aliphatic carbocycles. The zero-order valence-corrected chi connectivity index (χ0v) is 28.4. The maximum Gasteiger partial charge on any atom is 0.280 e. The van der Waals surface area contributed by atoms with Crippen LogP contribution in [0, 0.1) is 5.41 Å². The molecule has 0 radical (unpaired) electrons. The van der Waals surface area contributed by atoms with E-state index >= 15 is 0 Å². The molecule has 5 aromatic rings. The van der Waals surface area contributed by atoms with Gasteiger partial charge in [0.2, 0.25) is 0 Å². The van der Waals surface area contributed by atoms with Crippen molar-refractivity contribution < 1.29 is 9.84 Å². The third kappa shape index (κ3) is 5.53. The predicted molar refractivity (Wildman–Crippen MR) is 189 cm³/mol. The second kappa shape index (κ2) is 12.0. The smallest absolute Gasteiger partial charge is 0.280 e. The SMILES string of the molecule is C[C@H]1CN2CCOCC2CN1c1ccc(Nc2cc(-c3ccnc(-n4ccn5c6c(cc5c4=O)CC(C)(C)C6)c3CO)cn(C)c2=O)nc1. The highest BCUT2D eigenvalue weighted by Gasteiger charge is 2.34. The number of hydrogen-bond donors (Lipinski definition) is 2. The third-order valence-electron chi connectivity index (χ3n) is 10.4. The van der Waals surface area contributed by atoms with E-state index < -0.39 is 0 Å². The Balaban J connectivity index is 1.09. The molecule has 0 amide bonds. The summed E-state index contributed by atoms with van der Waals surface area (Å²) in [5.74, 6) is 0.898. The number of pyridine rings is 3. The number of morpholine rings is 1. The van der Waals surface area contributed by atoms with Gasteiger partial charge in [0.05, 0.1) is 37.7 Å². The van der Waals surface area contributed by atoms with Crippen LogP contribution < -0.4 is 21.3 Å². The van der Waals surface area contributed by atoms with E-state index in [4.69, 9.17) is 4.74 Å². The normalized spacial score (nSPS) is 20.4. The minimum Gasteiger partial charge on any atom is -0.392 e. The first-order valence-electron chi connectivity index (χ1n) is 17.0. The van der Waals surface area contributed by atoms with Gasteiger partial charge in [-0.05, 0) is 66.6 Å². The van der Waals surface area contributed by atoms with Crippen molar-refractivity contribution in [3.63, 3.8) is 0 Å². The van der Waals surface area contributed by atoms with Crippen LogP contribution in [0.5, 0.6) is 0 Å². The lowest BCUT2D eigenvalue weighted by Crippen LogP contribution is -2.61. The van der Waals surface area contributed by atoms with Crippen LogP contribution in [-0.2, 0) is 31.2 Å². The maximum absolute atomic E-state index is 13.8. The molecule has 0 spiro atoms. The molecule has 2 fully saturated rings. The summed E-state index contributed by atoms with van der Waals surface area (Å²) in [6.07, 6.45) is 10.7. The number of hydrogen-bond acceptors (Lipinski definition) is 9. The molecule has 2 N–H and O–H groups in total. The first-order valence-corrected chi connectivity index (χ1v) is 17.0. The number of aryl methyl sites for hydroxylation is 1. The molecular weight excluding hydrogens is 620 g/mol. The number of aromatic nitrogens is 5. The summed E-state index contributed by atoms with van der Waals surface area (Å²) in [7, 11) is 1.69. The molecule has 8 rings (SSSR count). The summed E-state index contributed by atoms with van der Waals surface area (Å²) in [6.45, 7) is 10.7. The highest BCUT2D eigenvalue weighted by Crippen LogP contribution is 2.37. The van der Waals surface area contributed by atoms with Crippen molar-refractivity contribution in [2.24, 2.45) is 12.5 Å². The van der Waals surface area contributed by atoms with Crippen molar-refractivity contribution in [3.05, 3.63) is 98.8 Å². The number of rotatable bonds is 6. The Morgan fingerprint density at radius 3 is 2.71 bits per heavy atom. The first kappa shape index (κ1) is 31.5. The lowest BCUT2D eigenvalue weighted by atomic mass is 9.90. The Bertz CT molecular complexity index is 2180. The highest BCUT2D eigenvalue weighted by atomic mass is 16.5. The van der Waals surface area contributed by atoms with Gasteiger partial charge in [0, 0.05) is 74.3 Å². The van der Waals surface area contributed by atoms with Crippen LogP contribution in [0.25, 0.3) is 22.5 Å². The van der Waals surface area contributed by atoms with Gasteiger partial charge in [-0.15, -0.1) is 0 Å². The summed E-state index contributed by atoms with van der Waals surface area (Å²) >= 11 is 0. The largest absolute Gasteiger partial charge is 0.392 e. The van der Waals surface area contributed by atoms with E-state index in [1.54, 1.807) is 37.8 Å². The van der Waals surface area contributed by atoms with Crippen LogP contribution in [0.3, 0.4) is 0 Å². The molecule has 2 saturated heterocycles. The van der Waals surface area contributed by atoms with Crippen molar-refractivity contribution in [3.8, 4) is 16.9 Å². The van der Waals surface area contributed by atoms with E-state index in [0.29, 0.717) is 51.6 Å². The number of nitrogens with one attached hydrogen (secondary N) is 1. The van der Waals surface area contributed by atoms with Crippen LogP contribution in [0.2, 0.25) is 0 Å². The quantitative estimate of drug-likeness (QED) is 0.281. The van der Waals surface area contributed by atoms with Gasteiger partial charge >= 0.3 is 0 Å². The number of piperazine rings is 1. The van der Waals surface area contributed by atoms with Crippen LogP contribution in [0.4, 0.5) is 17.2 Å². The molecule has 254 valence electrons. The zero-order chi connectivity index (χ0) is 34.0. The summed E-state index contributed by atoms with van der Waals surface area (Å²) in [5.41, 5.74) is 5.93. The Labute approximate surface area is 284 Å². The van der Waals surface area contributed by atoms with Gasteiger partial charge in [-0.3, -0.25) is 19.1 Å². The summed E-state index contributed by atoms with van der Waals surface area (Å²) in [5, 5.41) is 13.9. The minimum absolute atomic E-state index is 0.170. The van der Waals surface area contributed by atoms with Crippen molar-refractivity contribution in [2.75, 3.05) is 43.1 Å². The fraction of sp³-hybridized carbons (Fsp3) is 0.405. The lowest BCUT2D eigenvalue weighted by Gasteiger charge is -2.48. The van der Waals surface area contributed by atoms with Crippen molar-refractivity contribution in [2.45, 2.75) is 52.3 Å². The van der Waals surface area contributed by atoms with Gasteiger partial charge < -0.3 is 29.0 Å². The first-order chi connectivity index (χ1) is 23.6. The van der Waals surface area contributed by atoms with Gasteiger partial charge in [-0.1, -0.05) is 13.8 Å². The Kier molecular flexibility index (Phi) is 7.69. The monoisotopic (exact) mass is 662 g/mol. The van der Waals surface area contributed by atoms with Crippen LogP contribution in [0.1, 0.15) is 37.6 Å². The van der Waals surface area contributed by atoms with Crippen LogP contribution in [0.15, 0.2) is 70.9 Å². The average Bonchev–Trinajstić information content (AvgIpc) is 3.58. The molecule has 0 bridgehead atoms. The summed E-state index contributed by atoms with van der Waals surface area (Å²) in [4.78, 5) is 41.2. The summed E-state index contributed by atoms with van der Waals surface area (Å²) < 4.78 is 10.7. The molecule has 49 heavy (non-hydrogen) atoms. The fourth-order valence-corrected chi connectivity index (χ4v) is 7.96. The predicted octanol–water partition coefficient (Wildman–Crippen LogP) is 3.52. The Morgan fingerprint density at radius 2 is 1.92 bits per heavy atom. The molecule has 3 aliphatic rings. The molecule has 5 aromatic heterocycles. The second-order valence-electron chi connectivity index (χ2n) is 14.5. The van der Waals surface area contributed by atoms with Crippen LogP contribution >= 0.6 is 0 Å². The number of aliphatic hydroxyl groups is 1. The zero-order valence-electron chi connectivity index (χ0n) is 28.4. The van der Waals surface area contributed by atoms with E-state index in [0.717, 1.165) is 51.4 Å². The Hall–Kier alpha value is -4.78. The number of anilines is 3. The van der Waals surface area contributed by atoms with Gasteiger partial charge in [0.15, 0.2) is 0 Å². The number of nitrogens with zero attached hydrogens (tertiary/aromatic N) is 7. The molecule has 1 unspecified atom stereocenters. The molecule has 0 saturated carbocycles. The minimum atomic E-state index is -0.351. The van der Waals surface area contributed by atoms with Crippen molar-refractivity contribution in [1.29, 1.82) is 0 Å². The molecule has 0 aromatic carbocycles. The molecule has 7 heterocycles. The molecule has 12 nitrogen and oxygen atoms in total.